The predicted molar refractivity (Wildman–Crippen MR) is 99.8 cm³/mol. The number of hydrogen-bond acceptors (Lipinski definition) is 5. The number of thiophene rings is 1. The molecule has 0 saturated heterocycles. The fourth-order valence-corrected chi connectivity index (χ4v) is 3.41. The van der Waals surface area contributed by atoms with Gasteiger partial charge in [0.25, 0.3) is 5.91 Å². The molecule has 2 N–H and O–H groups in total. The van der Waals surface area contributed by atoms with E-state index in [4.69, 9.17) is 0 Å². The maximum absolute atomic E-state index is 13.3. The Bertz CT molecular complexity index is 1040. The van der Waals surface area contributed by atoms with Crippen LogP contribution in [0.1, 0.15) is 26.5 Å². The smallest absolute Gasteiger partial charge is 0.431 e. The van der Waals surface area contributed by atoms with Gasteiger partial charge in [0.2, 0.25) is 0 Å². The molecule has 2 aromatic carbocycles. The number of phenols is 1. The van der Waals surface area contributed by atoms with Gasteiger partial charge in [0.05, 0.1) is 16.9 Å². The quantitative estimate of drug-likeness (QED) is 0.371. The number of Topliss-reactive ketones (excluding diaryl/α,β-unsaturated/α-hetero) is 1. The second-order valence-electron chi connectivity index (χ2n) is 5.76. The lowest BCUT2D eigenvalue weighted by Crippen LogP contribution is -2.30. The van der Waals surface area contributed by atoms with E-state index in [9.17, 15) is 27.9 Å². The third kappa shape index (κ3) is 4.37. The molecular weight excluding hydrogens is 393 g/mol. The second-order valence-corrected chi connectivity index (χ2v) is 6.85. The zero-order chi connectivity index (χ0) is 20.3. The van der Waals surface area contributed by atoms with Crippen LogP contribution in [0.5, 0.6) is 5.75 Å². The zero-order valence-corrected chi connectivity index (χ0v) is 15.0. The first-order valence-electron chi connectivity index (χ1n) is 7.99. The Hall–Kier alpha value is -3.20. The molecule has 0 spiro atoms. The fourth-order valence-electron chi connectivity index (χ4n) is 2.41. The van der Waals surface area contributed by atoms with Gasteiger partial charge in [-0.25, -0.2) is 5.43 Å². The summed E-state index contributed by atoms with van der Waals surface area (Å²) in [5, 5.41) is 13.4. The number of halogens is 3. The molecule has 1 aromatic heterocycles. The summed E-state index contributed by atoms with van der Waals surface area (Å²) in [6.07, 6.45) is -5.92. The Morgan fingerprint density at radius 1 is 1.07 bits per heavy atom. The second kappa shape index (κ2) is 7.81. The van der Waals surface area contributed by atoms with Crippen molar-refractivity contribution in [3.8, 4) is 5.75 Å². The van der Waals surface area contributed by atoms with E-state index in [-0.39, 0.29) is 10.4 Å². The lowest BCUT2D eigenvalue weighted by molar-refractivity contribution is -0.0605. The Labute approximate surface area is 161 Å². The van der Waals surface area contributed by atoms with Gasteiger partial charge in [0.15, 0.2) is 5.78 Å². The number of fused-ring (bicyclic) bond motifs is 1. The number of rotatable bonds is 5. The van der Waals surface area contributed by atoms with Gasteiger partial charge in [-0.05, 0) is 29.7 Å². The molecule has 0 aliphatic heterocycles. The summed E-state index contributed by atoms with van der Waals surface area (Å²) >= 11 is 1.09. The average Bonchev–Trinajstić information content (AvgIpc) is 3.08. The molecule has 0 fully saturated rings. The molecule has 0 aliphatic carbocycles. The highest BCUT2D eigenvalue weighted by Crippen LogP contribution is 2.28. The number of carbonyl (C=O) groups excluding carboxylic acids is 2. The van der Waals surface area contributed by atoms with Gasteiger partial charge in [-0.1, -0.05) is 30.3 Å². The van der Waals surface area contributed by atoms with E-state index >= 15 is 0 Å². The molecule has 3 aromatic rings. The standard InChI is InChI=1S/C19H13F3N2O3S/c20-19(21,22)17(23-24-18(27)12-6-2-3-7-13(12)25)10-14(26)16-9-11-5-1-4-8-15(11)28-16/h1-9,25H,10H2,(H,24,27)/b23-17+. The van der Waals surface area contributed by atoms with Crippen molar-refractivity contribution in [1.29, 1.82) is 0 Å². The monoisotopic (exact) mass is 406 g/mol. The van der Waals surface area contributed by atoms with Gasteiger partial charge in [0, 0.05) is 4.70 Å². The van der Waals surface area contributed by atoms with Crippen molar-refractivity contribution in [1.82, 2.24) is 5.43 Å². The van der Waals surface area contributed by atoms with Crippen LogP contribution in [0.25, 0.3) is 10.1 Å². The fraction of sp³-hybridized carbons (Fsp3) is 0.105. The summed E-state index contributed by atoms with van der Waals surface area (Å²) < 4.78 is 40.5. The summed E-state index contributed by atoms with van der Waals surface area (Å²) in [6, 6.07) is 13.9. The van der Waals surface area contributed by atoms with Crippen molar-refractivity contribution in [2.24, 2.45) is 5.10 Å². The minimum Gasteiger partial charge on any atom is -0.507 e. The first kappa shape index (κ1) is 19.6. The highest BCUT2D eigenvalue weighted by molar-refractivity contribution is 7.20. The number of para-hydroxylation sites is 1. The van der Waals surface area contributed by atoms with Crippen molar-refractivity contribution in [2.45, 2.75) is 12.6 Å². The Morgan fingerprint density at radius 2 is 1.75 bits per heavy atom. The number of alkyl halides is 3. The molecule has 5 nitrogen and oxygen atoms in total. The normalized spacial score (nSPS) is 12.2. The van der Waals surface area contributed by atoms with E-state index in [1.165, 1.54) is 30.3 Å². The van der Waals surface area contributed by atoms with E-state index in [0.717, 1.165) is 21.4 Å². The summed E-state index contributed by atoms with van der Waals surface area (Å²) in [4.78, 5) is 24.4. The molecule has 28 heavy (non-hydrogen) atoms. The summed E-state index contributed by atoms with van der Waals surface area (Å²) in [6.45, 7) is 0. The Kier molecular flexibility index (Phi) is 5.46. The van der Waals surface area contributed by atoms with Gasteiger partial charge in [-0.15, -0.1) is 11.3 Å². The lowest BCUT2D eigenvalue weighted by atomic mass is 10.1. The van der Waals surface area contributed by atoms with Crippen LogP contribution in [0.2, 0.25) is 0 Å². The van der Waals surface area contributed by atoms with Crippen molar-refractivity contribution in [2.75, 3.05) is 0 Å². The number of benzene rings is 2. The number of ketones is 1. The minimum atomic E-state index is -4.90. The van der Waals surface area contributed by atoms with E-state index < -0.39 is 35.7 Å². The van der Waals surface area contributed by atoms with Crippen molar-refractivity contribution in [3.63, 3.8) is 0 Å². The van der Waals surface area contributed by atoms with E-state index in [1.54, 1.807) is 29.7 Å². The highest BCUT2D eigenvalue weighted by Gasteiger charge is 2.37. The van der Waals surface area contributed by atoms with Crippen molar-refractivity contribution in [3.05, 3.63) is 65.0 Å². The summed E-state index contributed by atoms with van der Waals surface area (Å²) in [7, 11) is 0. The van der Waals surface area contributed by atoms with Gasteiger partial charge in [-0.3, -0.25) is 9.59 Å². The van der Waals surface area contributed by atoms with Crippen LogP contribution < -0.4 is 5.43 Å². The number of nitrogens with one attached hydrogen (secondary N) is 1. The molecule has 3 rings (SSSR count). The Morgan fingerprint density at radius 3 is 2.43 bits per heavy atom. The van der Waals surface area contributed by atoms with Gasteiger partial charge in [-0.2, -0.15) is 18.3 Å². The van der Waals surface area contributed by atoms with Gasteiger partial charge >= 0.3 is 6.18 Å². The summed E-state index contributed by atoms with van der Waals surface area (Å²) in [5.41, 5.74) is 0.0855. The van der Waals surface area contributed by atoms with Crippen LogP contribution in [0.4, 0.5) is 13.2 Å². The molecular formula is C19H13F3N2O3S. The first-order valence-corrected chi connectivity index (χ1v) is 8.81. The van der Waals surface area contributed by atoms with Crippen LogP contribution in [-0.4, -0.2) is 28.7 Å². The molecule has 0 saturated carbocycles. The molecule has 0 bridgehead atoms. The molecule has 1 amide bonds. The van der Waals surface area contributed by atoms with E-state index in [0.29, 0.717) is 0 Å². The van der Waals surface area contributed by atoms with Crippen LogP contribution in [-0.2, 0) is 0 Å². The molecule has 0 radical (unpaired) electrons. The van der Waals surface area contributed by atoms with E-state index in [1.807, 2.05) is 0 Å². The molecule has 9 heteroatoms. The van der Waals surface area contributed by atoms with Crippen molar-refractivity contribution < 1.29 is 27.9 Å². The SMILES string of the molecule is O=C(C/C(=N\NC(=O)c1ccccc1O)C(F)(F)F)c1cc2ccccc2s1. The first-order chi connectivity index (χ1) is 13.3. The maximum Gasteiger partial charge on any atom is 0.431 e. The zero-order valence-electron chi connectivity index (χ0n) is 14.2. The van der Waals surface area contributed by atoms with Crippen LogP contribution in [0.3, 0.4) is 0 Å². The van der Waals surface area contributed by atoms with E-state index in [2.05, 4.69) is 5.10 Å². The predicted octanol–water partition coefficient (Wildman–Crippen LogP) is 4.53. The number of aromatic hydroxyl groups is 1. The highest BCUT2D eigenvalue weighted by atomic mass is 32.1. The lowest BCUT2D eigenvalue weighted by Gasteiger charge is -2.10. The topological polar surface area (TPSA) is 78.8 Å². The molecule has 0 atom stereocenters. The number of amides is 1. The number of nitrogens with zero attached hydrogens (tertiary/aromatic N) is 1. The number of phenolic OH excluding ortho intramolecular Hbond substituents is 1. The Balaban J connectivity index is 1.80. The van der Waals surface area contributed by atoms with Gasteiger partial charge in [0.1, 0.15) is 11.5 Å². The molecule has 0 aliphatic rings. The minimum absolute atomic E-state index is 0.171. The van der Waals surface area contributed by atoms with Crippen molar-refractivity contribution >= 4 is 38.8 Å². The van der Waals surface area contributed by atoms with Crippen LogP contribution >= 0.6 is 11.3 Å². The van der Waals surface area contributed by atoms with Crippen LogP contribution in [0.15, 0.2) is 59.7 Å². The molecule has 144 valence electrons. The largest absolute Gasteiger partial charge is 0.507 e. The third-order valence-electron chi connectivity index (χ3n) is 3.80. The number of carbonyl (C=O) groups is 2. The summed E-state index contributed by atoms with van der Waals surface area (Å²) in [5.74, 6) is -2.17. The molecule has 0 unspecified atom stereocenters. The van der Waals surface area contributed by atoms with Crippen LogP contribution in [0, 0.1) is 0 Å². The maximum atomic E-state index is 13.3. The number of hydrogen-bond donors (Lipinski definition) is 2. The molecule has 1 heterocycles. The number of hydrazone groups is 1. The third-order valence-corrected chi connectivity index (χ3v) is 4.95. The average molecular weight is 406 g/mol. The van der Waals surface area contributed by atoms with Gasteiger partial charge < -0.3 is 5.11 Å².